The molecule has 0 amide bonds. The Morgan fingerprint density at radius 1 is 1.32 bits per heavy atom. The molecule has 1 aliphatic heterocycles. The number of nitrogens with zero attached hydrogens (tertiary/aromatic N) is 4. The lowest BCUT2D eigenvalue weighted by Crippen LogP contribution is -2.42. The second-order valence-electron chi connectivity index (χ2n) is 5.40. The lowest BCUT2D eigenvalue weighted by atomic mass is 10.0. The lowest BCUT2D eigenvalue weighted by Gasteiger charge is -2.35. The van der Waals surface area contributed by atoms with E-state index in [0.717, 1.165) is 42.2 Å². The first-order chi connectivity index (χ1) is 9.10. The number of anilines is 1. The first-order valence-corrected chi connectivity index (χ1v) is 7.84. The molecule has 1 saturated heterocycles. The van der Waals surface area contributed by atoms with Crippen molar-refractivity contribution in [3.63, 3.8) is 0 Å². The maximum absolute atomic E-state index is 4.69. The third-order valence-electron chi connectivity index (χ3n) is 3.72. The highest BCUT2D eigenvalue weighted by atomic mass is 79.9. The summed E-state index contributed by atoms with van der Waals surface area (Å²) < 4.78 is 0.899. The van der Waals surface area contributed by atoms with E-state index in [0.29, 0.717) is 6.04 Å². The van der Waals surface area contributed by atoms with Gasteiger partial charge in [-0.15, -0.1) is 0 Å². The molecule has 2 rings (SSSR count). The fraction of sp³-hybridized carbons (Fsp3) is 0.714. The predicted octanol–water partition coefficient (Wildman–Crippen LogP) is 2.72. The quantitative estimate of drug-likeness (QED) is 0.796. The second kappa shape index (κ2) is 6.66. The van der Waals surface area contributed by atoms with Gasteiger partial charge in [-0.1, -0.05) is 6.92 Å². The SMILES string of the molecule is CCCc1nc(Br)cc(N2CCC(N(C)C)CC2)n1. The second-order valence-corrected chi connectivity index (χ2v) is 6.21. The maximum atomic E-state index is 4.69. The zero-order chi connectivity index (χ0) is 13.8. The molecular formula is C14H23BrN4. The Bertz CT molecular complexity index is 414. The number of aromatic nitrogens is 2. The van der Waals surface area contributed by atoms with E-state index in [1.807, 2.05) is 6.07 Å². The van der Waals surface area contributed by atoms with Crippen molar-refractivity contribution in [2.45, 2.75) is 38.6 Å². The normalized spacial score (nSPS) is 17.2. The van der Waals surface area contributed by atoms with Gasteiger partial charge in [-0.05, 0) is 49.3 Å². The molecule has 0 atom stereocenters. The van der Waals surface area contributed by atoms with E-state index in [1.54, 1.807) is 0 Å². The van der Waals surface area contributed by atoms with E-state index >= 15 is 0 Å². The van der Waals surface area contributed by atoms with Crippen LogP contribution in [0.5, 0.6) is 0 Å². The van der Waals surface area contributed by atoms with Gasteiger partial charge in [-0.25, -0.2) is 9.97 Å². The van der Waals surface area contributed by atoms with Gasteiger partial charge in [-0.3, -0.25) is 0 Å². The topological polar surface area (TPSA) is 32.3 Å². The highest BCUT2D eigenvalue weighted by molar-refractivity contribution is 9.10. The van der Waals surface area contributed by atoms with Crippen LogP contribution >= 0.6 is 15.9 Å². The average molecular weight is 327 g/mol. The van der Waals surface area contributed by atoms with E-state index in [4.69, 9.17) is 0 Å². The molecule has 0 radical (unpaired) electrons. The number of piperidine rings is 1. The van der Waals surface area contributed by atoms with Gasteiger partial charge < -0.3 is 9.80 Å². The van der Waals surface area contributed by atoms with E-state index in [-0.39, 0.29) is 0 Å². The Labute approximate surface area is 124 Å². The van der Waals surface area contributed by atoms with Crippen molar-refractivity contribution in [3.8, 4) is 0 Å². The van der Waals surface area contributed by atoms with Crippen LogP contribution in [0.3, 0.4) is 0 Å². The predicted molar refractivity (Wildman–Crippen MR) is 82.6 cm³/mol. The van der Waals surface area contributed by atoms with Gasteiger partial charge in [0.2, 0.25) is 0 Å². The number of aryl methyl sites for hydroxylation is 1. The van der Waals surface area contributed by atoms with Gasteiger partial charge in [0.05, 0.1) is 0 Å². The van der Waals surface area contributed by atoms with Crippen LogP contribution in [0.2, 0.25) is 0 Å². The third-order valence-corrected chi connectivity index (χ3v) is 4.13. The van der Waals surface area contributed by atoms with Crippen LogP contribution in [0, 0.1) is 0 Å². The van der Waals surface area contributed by atoms with Crippen LogP contribution in [0.25, 0.3) is 0 Å². The Balaban J connectivity index is 2.06. The minimum Gasteiger partial charge on any atom is -0.356 e. The standard InChI is InChI=1S/C14H23BrN4/c1-4-5-13-16-12(15)10-14(17-13)19-8-6-11(7-9-19)18(2)3/h10-11H,4-9H2,1-3H3. The minimum atomic E-state index is 0.705. The molecule has 1 aromatic heterocycles. The largest absolute Gasteiger partial charge is 0.356 e. The number of rotatable bonds is 4. The lowest BCUT2D eigenvalue weighted by molar-refractivity contribution is 0.249. The average Bonchev–Trinajstić information content (AvgIpc) is 2.38. The summed E-state index contributed by atoms with van der Waals surface area (Å²) in [6.45, 7) is 4.32. The summed E-state index contributed by atoms with van der Waals surface area (Å²) >= 11 is 3.50. The summed E-state index contributed by atoms with van der Waals surface area (Å²) in [5.41, 5.74) is 0. The molecule has 0 bridgehead atoms. The zero-order valence-electron chi connectivity index (χ0n) is 12.1. The number of hydrogen-bond acceptors (Lipinski definition) is 4. The third kappa shape index (κ3) is 3.89. The van der Waals surface area contributed by atoms with Crippen molar-refractivity contribution in [3.05, 3.63) is 16.5 Å². The van der Waals surface area contributed by atoms with Gasteiger partial charge >= 0.3 is 0 Å². The smallest absolute Gasteiger partial charge is 0.133 e. The summed E-state index contributed by atoms with van der Waals surface area (Å²) in [5.74, 6) is 2.02. The fourth-order valence-electron chi connectivity index (χ4n) is 2.56. The van der Waals surface area contributed by atoms with Crippen LogP contribution in [0.4, 0.5) is 5.82 Å². The molecule has 0 saturated carbocycles. The molecule has 19 heavy (non-hydrogen) atoms. The van der Waals surface area contributed by atoms with E-state index in [1.165, 1.54) is 12.8 Å². The molecule has 0 spiro atoms. The van der Waals surface area contributed by atoms with Crippen LogP contribution in [0.15, 0.2) is 10.7 Å². The van der Waals surface area contributed by atoms with Gasteiger partial charge in [0, 0.05) is 31.6 Å². The van der Waals surface area contributed by atoms with Crippen LogP contribution in [-0.4, -0.2) is 48.1 Å². The van der Waals surface area contributed by atoms with E-state index in [2.05, 4.69) is 56.7 Å². The summed E-state index contributed by atoms with van der Waals surface area (Å²) in [5, 5.41) is 0. The molecular weight excluding hydrogens is 304 g/mol. The van der Waals surface area contributed by atoms with Crippen molar-refractivity contribution >= 4 is 21.7 Å². The van der Waals surface area contributed by atoms with Crippen molar-refractivity contribution in [1.82, 2.24) is 14.9 Å². The highest BCUT2D eigenvalue weighted by Crippen LogP contribution is 2.22. The Kier molecular flexibility index (Phi) is 5.16. The summed E-state index contributed by atoms with van der Waals surface area (Å²) in [7, 11) is 4.34. The molecule has 0 N–H and O–H groups in total. The van der Waals surface area contributed by atoms with Gasteiger partial charge in [0.15, 0.2) is 0 Å². The molecule has 0 aliphatic carbocycles. The van der Waals surface area contributed by atoms with Gasteiger partial charge in [0.1, 0.15) is 16.2 Å². The van der Waals surface area contributed by atoms with E-state index < -0.39 is 0 Å². The molecule has 1 aliphatic rings. The van der Waals surface area contributed by atoms with Crippen molar-refractivity contribution in [2.75, 3.05) is 32.1 Å². The Hall–Kier alpha value is -0.680. The summed E-state index contributed by atoms with van der Waals surface area (Å²) in [6.07, 6.45) is 4.44. The summed E-state index contributed by atoms with van der Waals surface area (Å²) in [6, 6.07) is 2.74. The first kappa shape index (κ1) is 14.7. The van der Waals surface area contributed by atoms with Crippen LogP contribution < -0.4 is 4.90 Å². The van der Waals surface area contributed by atoms with Crippen molar-refractivity contribution in [1.29, 1.82) is 0 Å². The number of hydrogen-bond donors (Lipinski definition) is 0. The first-order valence-electron chi connectivity index (χ1n) is 7.05. The van der Waals surface area contributed by atoms with Gasteiger partial charge in [-0.2, -0.15) is 0 Å². The molecule has 5 heteroatoms. The highest BCUT2D eigenvalue weighted by Gasteiger charge is 2.21. The van der Waals surface area contributed by atoms with Gasteiger partial charge in [0.25, 0.3) is 0 Å². The molecule has 0 aromatic carbocycles. The van der Waals surface area contributed by atoms with Crippen LogP contribution in [0.1, 0.15) is 32.0 Å². The number of halogens is 1. The molecule has 0 unspecified atom stereocenters. The van der Waals surface area contributed by atoms with E-state index in [9.17, 15) is 0 Å². The molecule has 106 valence electrons. The Morgan fingerprint density at radius 2 is 2.00 bits per heavy atom. The summed E-state index contributed by atoms with van der Waals surface area (Å²) in [4.78, 5) is 13.8. The molecule has 1 aromatic rings. The maximum Gasteiger partial charge on any atom is 0.133 e. The fourth-order valence-corrected chi connectivity index (χ4v) is 2.97. The zero-order valence-corrected chi connectivity index (χ0v) is 13.7. The molecule has 2 heterocycles. The molecule has 1 fully saturated rings. The van der Waals surface area contributed by atoms with Crippen molar-refractivity contribution < 1.29 is 0 Å². The van der Waals surface area contributed by atoms with Crippen LogP contribution in [-0.2, 0) is 6.42 Å². The molecule has 4 nitrogen and oxygen atoms in total. The Morgan fingerprint density at radius 3 is 2.58 bits per heavy atom. The minimum absolute atomic E-state index is 0.705. The monoisotopic (exact) mass is 326 g/mol. The van der Waals surface area contributed by atoms with Crippen molar-refractivity contribution in [2.24, 2.45) is 0 Å².